The van der Waals surface area contributed by atoms with Gasteiger partial charge in [0.25, 0.3) is 5.91 Å². The molecule has 4 aromatic rings. The molecule has 1 unspecified atom stereocenters. The van der Waals surface area contributed by atoms with Crippen LogP contribution in [0.2, 0.25) is 0 Å². The van der Waals surface area contributed by atoms with Crippen molar-refractivity contribution in [2.75, 3.05) is 11.5 Å². The first-order chi connectivity index (χ1) is 16.5. The molecule has 1 amide bonds. The summed E-state index contributed by atoms with van der Waals surface area (Å²) in [6.07, 6.45) is 3.16. The second-order valence-electron chi connectivity index (χ2n) is 7.94. The average Bonchev–Trinajstić information content (AvgIpc) is 3.45. The molecule has 5 rings (SSSR count). The number of hydrogen-bond acceptors (Lipinski definition) is 7. The minimum absolute atomic E-state index is 0.0481. The van der Waals surface area contributed by atoms with Crippen molar-refractivity contribution in [1.29, 1.82) is 0 Å². The topological polar surface area (TPSA) is 85.5 Å². The van der Waals surface area contributed by atoms with Crippen LogP contribution in [0.1, 0.15) is 52.1 Å². The number of carbonyl (C=O) groups is 1. The van der Waals surface area contributed by atoms with Crippen molar-refractivity contribution in [3.05, 3.63) is 92.8 Å². The van der Waals surface area contributed by atoms with Gasteiger partial charge in [0.15, 0.2) is 5.43 Å². The number of carbonyl (C=O) groups excluding carboxylic acids is 1. The van der Waals surface area contributed by atoms with Crippen molar-refractivity contribution >= 4 is 33.3 Å². The number of rotatable bonds is 7. The average molecular weight is 474 g/mol. The summed E-state index contributed by atoms with van der Waals surface area (Å²) in [5.74, 6) is 0.318. The first-order valence-electron chi connectivity index (χ1n) is 11.1. The normalized spacial score (nSPS) is 15.1. The molecule has 3 heterocycles. The fourth-order valence-corrected chi connectivity index (χ4v) is 4.94. The zero-order chi connectivity index (χ0) is 23.8. The van der Waals surface area contributed by atoms with Gasteiger partial charge in [0.2, 0.25) is 10.9 Å². The van der Waals surface area contributed by atoms with E-state index in [1.165, 1.54) is 16.2 Å². The van der Waals surface area contributed by atoms with Crippen LogP contribution in [0.25, 0.3) is 11.0 Å². The maximum atomic E-state index is 13.8. The zero-order valence-electron chi connectivity index (χ0n) is 18.9. The SMILES string of the molecule is C=CCOc1ccc(C2c3c(oc4ccc(CC)cc4c3=O)C(=O)N2c2nnc(CC)s2)cc1. The van der Waals surface area contributed by atoms with Crippen LogP contribution in [0.5, 0.6) is 5.75 Å². The highest BCUT2D eigenvalue weighted by molar-refractivity contribution is 7.15. The Morgan fingerprint density at radius 1 is 1.12 bits per heavy atom. The van der Waals surface area contributed by atoms with Crippen LogP contribution in [-0.2, 0) is 12.8 Å². The molecule has 0 radical (unpaired) electrons. The second-order valence-corrected chi connectivity index (χ2v) is 8.98. The fourth-order valence-electron chi connectivity index (χ4n) is 4.14. The largest absolute Gasteiger partial charge is 0.490 e. The monoisotopic (exact) mass is 473 g/mol. The maximum absolute atomic E-state index is 13.8. The number of benzene rings is 2. The number of amides is 1. The van der Waals surface area contributed by atoms with Gasteiger partial charge in [0.05, 0.1) is 17.0 Å². The smallest absolute Gasteiger partial charge is 0.297 e. The zero-order valence-corrected chi connectivity index (χ0v) is 19.7. The van der Waals surface area contributed by atoms with E-state index in [9.17, 15) is 9.59 Å². The van der Waals surface area contributed by atoms with Crippen molar-refractivity contribution in [2.24, 2.45) is 0 Å². The Morgan fingerprint density at radius 2 is 1.91 bits per heavy atom. The summed E-state index contributed by atoms with van der Waals surface area (Å²) >= 11 is 1.34. The Kier molecular flexibility index (Phi) is 5.75. The van der Waals surface area contributed by atoms with Gasteiger partial charge >= 0.3 is 0 Å². The van der Waals surface area contributed by atoms with Crippen LogP contribution in [0.3, 0.4) is 0 Å². The number of aryl methyl sites for hydroxylation is 2. The molecule has 0 spiro atoms. The van der Waals surface area contributed by atoms with Crippen LogP contribution in [0.4, 0.5) is 5.13 Å². The number of aromatic nitrogens is 2. The van der Waals surface area contributed by atoms with Crippen molar-refractivity contribution < 1.29 is 13.9 Å². The number of nitrogens with zero attached hydrogens (tertiary/aromatic N) is 3. The van der Waals surface area contributed by atoms with Crippen LogP contribution in [-0.4, -0.2) is 22.7 Å². The lowest BCUT2D eigenvalue weighted by molar-refractivity contribution is 0.0970. The molecule has 0 saturated carbocycles. The van der Waals surface area contributed by atoms with E-state index in [0.29, 0.717) is 40.4 Å². The fraction of sp³-hybridized carbons (Fsp3) is 0.231. The molecule has 1 aliphatic heterocycles. The molecule has 0 fully saturated rings. The lowest BCUT2D eigenvalue weighted by Gasteiger charge is -2.22. The standard InChI is InChI=1S/C26H23N3O4S/c1-4-13-32-17-10-8-16(9-11-17)22-21-23(30)18-14-15(5-2)7-12-19(18)33-24(21)25(31)29(22)26-28-27-20(6-3)34-26/h4,7-12,14,22H,1,5-6,13H2,2-3H3. The van der Waals surface area contributed by atoms with E-state index in [0.717, 1.165) is 22.6 Å². The van der Waals surface area contributed by atoms with Gasteiger partial charge in [-0.05, 0) is 48.2 Å². The molecular formula is C26H23N3O4S. The predicted octanol–water partition coefficient (Wildman–Crippen LogP) is 5.08. The Hall–Kier alpha value is -3.78. The summed E-state index contributed by atoms with van der Waals surface area (Å²) in [5.41, 5.74) is 2.29. The van der Waals surface area contributed by atoms with Crippen molar-refractivity contribution in [3.63, 3.8) is 0 Å². The van der Waals surface area contributed by atoms with Gasteiger partial charge in [-0.15, -0.1) is 10.2 Å². The van der Waals surface area contributed by atoms with Crippen LogP contribution < -0.4 is 15.1 Å². The van der Waals surface area contributed by atoms with Crippen molar-refractivity contribution in [3.8, 4) is 5.75 Å². The maximum Gasteiger partial charge on any atom is 0.297 e. The molecule has 0 saturated heterocycles. The summed E-state index contributed by atoms with van der Waals surface area (Å²) in [6, 6.07) is 12.2. The number of anilines is 1. The van der Waals surface area contributed by atoms with E-state index in [1.54, 1.807) is 12.1 Å². The minimum atomic E-state index is -0.681. The van der Waals surface area contributed by atoms with Crippen molar-refractivity contribution in [1.82, 2.24) is 10.2 Å². The summed E-state index contributed by atoms with van der Waals surface area (Å²) in [7, 11) is 0. The molecule has 2 aromatic heterocycles. The molecule has 1 atom stereocenters. The van der Waals surface area contributed by atoms with Gasteiger partial charge in [-0.2, -0.15) is 0 Å². The molecule has 0 bridgehead atoms. The van der Waals surface area contributed by atoms with E-state index in [-0.39, 0.29) is 11.2 Å². The molecular weight excluding hydrogens is 450 g/mol. The number of fused-ring (bicyclic) bond motifs is 2. The third kappa shape index (κ3) is 3.60. The van der Waals surface area contributed by atoms with E-state index >= 15 is 0 Å². The first kappa shape index (κ1) is 22.0. The molecule has 0 N–H and O–H groups in total. The molecule has 172 valence electrons. The lowest BCUT2D eigenvalue weighted by atomic mass is 9.98. The van der Waals surface area contributed by atoms with Gasteiger partial charge in [0, 0.05) is 0 Å². The van der Waals surface area contributed by atoms with E-state index in [2.05, 4.69) is 16.8 Å². The Labute approximate surface area is 200 Å². The lowest BCUT2D eigenvalue weighted by Crippen LogP contribution is -2.29. The van der Waals surface area contributed by atoms with E-state index in [1.807, 2.05) is 50.2 Å². The summed E-state index contributed by atoms with van der Waals surface area (Å²) in [5, 5.41) is 10.2. The van der Waals surface area contributed by atoms with Crippen molar-refractivity contribution in [2.45, 2.75) is 32.7 Å². The minimum Gasteiger partial charge on any atom is -0.490 e. The molecule has 7 nitrogen and oxygen atoms in total. The van der Waals surface area contributed by atoms with E-state index in [4.69, 9.17) is 9.15 Å². The highest BCUT2D eigenvalue weighted by atomic mass is 32.1. The van der Waals surface area contributed by atoms with Gasteiger partial charge in [-0.25, -0.2) is 0 Å². The Morgan fingerprint density at radius 3 is 2.59 bits per heavy atom. The Bertz CT molecular complexity index is 1460. The highest BCUT2D eigenvalue weighted by Crippen LogP contribution is 2.42. The molecule has 34 heavy (non-hydrogen) atoms. The second kappa shape index (κ2) is 8.87. The van der Waals surface area contributed by atoms with Crippen LogP contribution in [0, 0.1) is 0 Å². The number of ether oxygens (including phenoxy) is 1. The summed E-state index contributed by atoms with van der Waals surface area (Å²) in [6.45, 7) is 8.06. The van der Waals surface area contributed by atoms with Gasteiger partial charge in [0.1, 0.15) is 22.9 Å². The first-order valence-corrected chi connectivity index (χ1v) is 12.0. The highest BCUT2D eigenvalue weighted by Gasteiger charge is 2.45. The number of hydrogen-bond donors (Lipinski definition) is 0. The summed E-state index contributed by atoms with van der Waals surface area (Å²) < 4.78 is 11.6. The van der Waals surface area contributed by atoms with Crippen LogP contribution in [0.15, 0.2) is 64.3 Å². The predicted molar refractivity (Wildman–Crippen MR) is 132 cm³/mol. The van der Waals surface area contributed by atoms with Gasteiger partial charge < -0.3 is 9.15 Å². The molecule has 0 aliphatic carbocycles. The third-order valence-corrected chi connectivity index (χ3v) is 6.94. The van der Waals surface area contributed by atoms with E-state index < -0.39 is 11.9 Å². The quantitative estimate of drug-likeness (QED) is 0.348. The van der Waals surface area contributed by atoms with Gasteiger partial charge in [-0.3, -0.25) is 14.5 Å². The van der Waals surface area contributed by atoms with Gasteiger partial charge in [-0.1, -0.05) is 56.0 Å². The molecule has 8 heteroatoms. The molecule has 2 aromatic carbocycles. The molecule has 1 aliphatic rings. The third-order valence-electron chi connectivity index (χ3n) is 5.87. The van der Waals surface area contributed by atoms with Crippen LogP contribution >= 0.6 is 11.3 Å². The Balaban J connectivity index is 1.71. The summed E-state index contributed by atoms with van der Waals surface area (Å²) in [4.78, 5) is 28.9.